The van der Waals surface area contributed by atoms with Gasteiger partial charge in [0.1, 0.15) is 0 Å². The molecule has 0 aromatic carbocycles. The predicted molar refractivity (Wildman–Crippen MR) is 36.1 cm³/mol. The number of aliphatic hydroxyl groups is 2. The molecule has 2 atom stereocenters. The van der Waals surface area contributed by atoms with Gasteiger partial charge in [-0.2, -0.15) is 0 Å². The minimum atomic E-state index is -2.18. The molecule has 0 aliphatic carbocycles. The number of aliphatic hydroxyl groups excluding tert-OH is 2. The summed E-state index contributed by atoms with van der Waals surface area (Å²) in [7, 11) is 0. The topological polar surface area (TPSA) is 80.6 Å². The molecule has 62 valence electrons. The van der Waals surface area contributed by atoms with Crippen LogP contribution in [0.2, 0.25) is 0 Å². The molecule has 0 saturated carbocycles. The van der Waals surface area contributed by atoms with Crippen molar-refractivity contribution in [1.29, 1.82) is 0 Å². The lowest BCUT2D eigenvalue weighted by atomic mass is 10.2. The molecule has 10 heavy (non-hydrogen) atoms. The molecule has 4 nitrogen and oxygen atoms in total. The summed E-state index contributed by atoms with van der Waals surface area (Å²) in [5.41, 5.74) is 0. The van der Waals surface area contributed by atoms with Gasteiger partial charge in [0.15, 0.2) is 0 Å². The molecule has 0 aliphatic rings. The van der Waals surface area contributed by atoms with Crippen LogP contribution in [0.1, 0.15) is 12.8 Å². The van der Waals surface area contributed by atoms with E-state index in [0.29, 0.717) is 12.8 Å². The molecule has 0 amide bonds. The fraction of sp³-hybridized carbons (Fsp3) is 1.00. The maximum absolute atomic E-state index is 9.95. The summed E-state index contributed by atoms with van der Waals surface area (Å²) in [6, 6.07) is 0. The highest BCUT2D eigenvalue weighted by molar-refractivity contribution is 7.79. The standard InChI is InChI=1S/C5H12O4S/c6-3-1-2-5(7)4-10(8)9/h5-7H,1-4H2,(H,8,9)/p-1. The zero-order valence-corrected chi connectivity index (χ0v) is 6.34. The Kier molecular flexibility index (Phi) is 5.81. The lowest BCUT2D eigenvalue weighted by molar-refractivity contribution is 0.168. The molecule has 0 aromatic rings. The van der Waals surface area contributed by atoms with Gasteiger partial charge in [-0.05, 0) is 12.8 Å². The van der Waals surface area contributed by atoms with Gasteiger partial charge in [0.05, 0.1) is 6.10 Å². The summed E-state index contributed by atoms with van der Waals surface area (Å²) in [5, 5.41) is 17.1. The van der Waals surface area contributed by atoms with Gasteiger partial charge < -0.3 is 14.8 Å². The fourth-order valence-electron chi connectivity index (χ4n) is 0.567. The van der Waals surface area contributed by atoms with Crippen LogP contribution in [0.15, 0.2) is 0 Å². The molecule has 2 N–H and O–H groups in total. The minimum Gasteiger partial charge on any atom is -0.772 e. The molecule has 0 saturated heterocycles. The quantitative estimate of drug-likeness (QED) is 0.514. The van der Waals surface area contributed by atoms with E-state index in [-0.39, 0.29) is 12.4 Å². The fourth-order valence-corrected chi connectivity index (χ4v) is 1.05. The Morgan fingerprint density at radius 2 is 2.20 bits per heavy atom. The van der Waals surface area contributed by atoms with Crippen molar-refractivity contribution < 1.29 is 19.0 Å². The molecular weight excluding hydrogens is 156 g/mol. The van der Waals surface area contributed by atoms with E-state index in [9.17, 15) is 8.76 Å². The van der Waals surface area contributed by atoms with E-state index in [1.165, 1.54) is 0 Å². The summed E-state index contributed by atoms with van der Waals surface area (Å²) in [6.07, 6.45) is -0.0477. The van der Waals surface area contributed by atoms with E-state index in [1.807, 2.05) is 0 Å². The molecule has 0 rings (SSSR count). The molecular formula is C5H11O4S-. The first-order chi connectivity index (χ1) is 4.66. The largest absolute Gasteiger partial charge is 0.772 e. The highest BCUT2D eigenvalue weighted by Crippen LogP contribution is 1.96. The number of hydrogen-bond acceptors (Lipinski definition) is 4. The van der Waals surface area contributed by atoms with Crippen LogP contribution in [0.25, 0.3) is 0 Å². The number of hydrogen-bond donors (Lipinski definition) is 2. The van der Waals surface area contributed by atoms with Crippen LogP contribution in [0.3, 0.4) is 0 Å². The van der Waals surface area contributed by atoms with Crippen molar-refractivity contribution >= 4 is 11.1 Å². The van der Waals surface area contributed by atoms with E-state index in [2.05, 4.69) is 0 Å². The second-order valence-electron chi connectivity index (χ2n) is 1.99. The number of rotatable bonds is 5. The van der Waals surface area contributed by atoms with E-state index < -0.39 is 17.2 Å². The zero-order chi connectivity index (χ0) is 7.98. The van der Waals surface area contributed by atoms with Crippen LogP contribution in [0.4, 0.5) is 0 Å². The predicted octanol–water partition coefficient (Wildman–Crippen LogP) is -1.00. The van der Waals surface area contributed by atoms with E-state index >= 15 is 0 Å². The second kappa shape index (κ2) is 5.79. The molecule has 0 aromatic heterocycles. The Hall–Kier alpha value is 0.0300. The van der Waals surface area contributed by atoms with Crippen LogP contribution in [-0.2, 0) is 11.1 Å². The smallest absolute Gasteiger partial charge is 0.0645 e. The van der Waals surface area contributed by atoms with Crippen molar-refractivity contribution in [2.45, 2.75) is 18.9 Å². The molecule has 0 heterocycles. The monoisotopic (exact) mass is 167 g/mol. The highest BCUT2D eigenvalue weighted by atomic mass is 32.2. The average Bonchev–Trinajstić information content (AvgIpc) is 1.82. The van der Waals surface area contributed by atoms with Crippen LogP contribution < -0.4 is 0 Å². The maximum atomic E-state index is 9.95. The zero-order valence-electron chi connectivity index (χ0n) is 5.52. The Labute approximate surface area is 62.2 Å². The van der Waals surface area contributed by atoms with Gasteiger partial charge in [0, 0.05) is 12.4 Å². The van der Waals surface area contributed by atoms with Gasteiger partial charge >= 0.3 is 0 Å². The van der Waals surface area contributed by atoms with E-state index in [0.717, 1.165) is 0 Å². The minimum absolute atomic E-state index is 0.0114. The van der Waals surface area contributed by atoms with Gasteiger partial charge in [-0.25, -0.2) is 0 Å². The van der Waals surface area contributed by atoms with E-state index in [1.54, 1.807) is 0 Å². The molecule has 5 heteroatoms. The Morgan fingerprint density at radius 1 is 1.60 bits per heavy atom. The van der Waals surface area contributed by atoms with Gasteiger partial charge in [-0.15, -0.1) is 0 Å². The van der Waals surface area contributed by atoms with Gasteiger partial charge in [0.25, 0.3) is 0 Å². The first kappa shape index (κ1) is 10.0. The van der Waals surface area contributed by atoms with Gasteiger partial charge in [-0.3, -0.25) is 4.21 Å². The second-order valence-corrected chi connectivity index (χ2v) is 2.93. The van der Waals surface area contributed by atoms with Crippen LogP contribution in [0.5, 0.6) is 0 Å². The van der Waals surface area contributed by atoms with Crippen molar-refractivity contribution in [2.75, 3.05) is 12.4 Å². The molecule has 0 aliphatic heterocycles. The SMILES string of the molecule is O=S([O-])CC(O)CCCO. The Morgan fingerprint density at radius 3 is 2.60 bits per heavy atom. The Bertz CT molecular complexity index is 106. The first-order valence-electron chi connectivity index (χ1n) is 3.01. The third-order valence-electron chi connectivity index (χ3n) is 1.02. The maximum Gasteiger partial charge on any atom is 0.0645 e. The summed E-state index contributed by atoms with van der Waals surface area (Å²) < 4.78 is 19.9. The summed E-state index contributed by atoms with van der Waals surface area (Å²) in [4.78, 5) is 0. The lowest BCUT2D eigenvalue weighted by Gasteiger charge is -2.10. The lowest BCUT2D eigenvalue weighted by Crippen LogP contribution is -2.16. The molecule has 0 bridgehead atoms. The van der Waals surface area contributed by atoms with E-state index in [4.69, 9.17) is 10.2 Å². The first-order valence-corrected chi connectivity index (χ1v) is 4.26. The van der Waals surface area contributed by atoms with Crippen molar-refractivity contribution in [3.8, 4) is 0 Å². The Balaban J connectivity index is 3.25. The average molecular weight is 167 g/mol. The third-order valence-corrected chi connectivity index (χ3v) is 1.68. The summed E-state index contributed by atoms with van der Waals surface area (Å²) >= 11 is -2.18. The van der Waals surface area contributed by atoms with Crippen LogP contribution in [-0.4, -0.2) is 37.4 Å². The molecule has 0 spiro atoms. The molecule has 2 unspecified atom stereocenters. The van der Waals surface area contributed by atoms with Crippen molar-refractivity contribution in [3.63, 3.8) is 0 Å². The summed E-state index contributed by atoms with van der Waals surface area (Å²) in [6.45, 7) is -0.0114. The molecule has 0 fully saturated rings. The van der Waals surface area contributed by atoms with Crippen LogP contribution >= 0.6 is 0 Å². The normalized spacial score (nSPS) is 16.7. The van der Waals surface area contributed by atoms with Crippen molar-refractivity contribution in [3.05, 3.63) is 0 Å². The van der Waals surface area contributed by atoms with Gasteiger partial charge in [-0.1, -0.05) is 11.1 Å². The highest BCUT2D eigenvalue weighted by Gasteiger charge is 2.01. The summed E-state index contributed by atoms with van der Waals surface area (Å²) in [5.74, 6) is -0.236. The van der Waals surface area contributed by atoms with Crippen LogP contribution in [0, 0.1) is 0 Å². The third kappa shape index (κ3) is 6.15. The van der Waals surface area contributed by atoms with Crippen molar-refractivity contribution in [2.24, 2.45) is 0 Å². The van der Waals surface area contributed by atoms with Gasteiger partial charge in [0.2, 0.25) is 0 Å². The molecule has 0 radical (unpaired) electrons. The van der Waals surface area contributed by atoms with Crippen molar-refractivity contribution in [1.82, 2.24) is 0 Å².